The summed E-state index contributed by atoms with van der Waals surface area (Å²) in [5.74, 6) is 0. The molecule has 1 spiro atoms. The van der Waals surface area contributed by atoms with E-state index in [9.17, 15) is 0 Å². The van der Waals surface area contributed by atoms with E-state index in [-0.39, 0.29) is 0 Å². The molecule has 0 bridgehead atoms. The van der Waals surface area contributed by atoms with Crippen LogP contribution >= 0.6 is 11.6 Å². The molecule has 0 saturated carbocycles. The first-order valence-corrected chi connectivity index (χ1v) is 17.7. The average molecular weight is 653 g/mol. The van der Waals surface area contributed by atoms with Crippen molar-refractivity contribution in [2.45, 2.75) is 5.41 Å². The zero-order valence-electron chi connectivity index (χ0n) is 27.1. The van der Waals surface area contributed by atoms with Gasteiger partial charge in [-0.25, -0.2) is 0 Å². The summed E-state index contributed by atoms with van der Waals surface area (Å²) >= 11 is 6.42. The molecule has 1 heteroatoms. The predicted molar refractivity (Wildman–Crippen MR) is 211 cm³/mol. The number of hydrogen-bond donors (Lipinski definition) is 0. The monoisotopic (exact) mass is 652 g/mol. The highest BCUT2D eigenvalue weighted by Gasteiger charge is 2.54. The Morgan fingerprint density at radius 3 is 1.78 bits per heavy atom. The molecule has 50 heavy (non-hydrogen) atoms. The lowest BCUT2D eigenvalue weighted by Gasteiger charge is -2.33. The van der Waals surface area contributed by atoms with Crippen molar-refractivity contribution in [2.24, 2.45) is 0 Å². The van der Waals surface area contributed by atoms with E-state index in [2.05, 4.69) is 158 Å². The Balaban J connectivity index is 1.33. The number of benzene rings is 9. The lowest BCUT2D eigenvalue weighted by atomic mass is 9.67. The SMILES string of the molecule is Clc1cccc(-c2ccc(-c3cc4ccccc4c4c3C3(c5ccccc5-c5c3ccc3ccccc53)c3c-4ccc4ccccc34)cc2)c1. The van der Waals surface area contributed by atoms with Gasteiger partial charge in [0.25, 0.3) is 0 Å². The molecule has 1 atom stereocenters. The largest absolute Gasteiger partial charge is 0.0843 e. The second-order valence-electron chi connectivity index (χ2n) is 13.7. The van der Waals surface area contributed by atoms with E-state index in [1.165, 1.54) is 88.0 Å². The normalized spacial score (nSPS) is 15.4. The van der Waals surface area contributed by atoms with E-state index in [0.29, 0.717) is 0 Å². The van der Waals surface area contributed by atoms with Crippen LogP contribution in [0.25, 0.3) is 76.8 Å². The Hall–Kier alpha value is -5.95. The molecule has 11 rings (SSSR count). The van der Waals surface area contributed by atoms with Gasteiger partial charge in [0, 0.05) is 5.02 Å². The molecular formula is C49H29Cl. The molecule has 0 heterocycles. The summed E-state index contributed by atoms with van der Waals surface area (Å²) in [4.78, 5) is 0. The smallest absolute Gasteiger partial charge is 0.0737 e. The van der Waals surface area contributed by atoms with Crippen LogP contribution in [0.5, 0.6) is 0 Å². The molecular weight excluding hydrogens is 624 g/mol. The van der Waals surface area contributed by atoms with Gasteiger partial charge in [-0.1, -0.05) is 169 Å². The van der Waals surface area contributed by atoms with Crippen LogP contribution in [0.3, 0.4) is 0 Å². The van der Waals surface area contributed by atoms with Crippen LogP contribution in [0.1, 0.15) is 22.3 Å². The van der Waals surface area contributed by atoms with Gasteiger partial charge in [-0.3, -0.25) is 0 Å². The van der Waals surface area contributed by atoms with Gasteiger partial charge in [0.1, 0.15) is 0 Å². The number of rotatable bonds is 2. The minimum absolute atomic E-state index is 0.521. The molecule has 0 aromatic heterocycles. The van der Waals surface area contributed by atoms with Crippen LogP contribution in [-0.4, -0.2) is 0 Å². The van der Waals surface area contributed by atoms with Gasteiger partial charge in [-0.15, -0.1) is 0 Å². The molecule has 9 aromatic rings. The van der Waals surface area contributed by atoms with Crippen molar-refractivity contribution in [3.05, 3.63) is 203 Å². The Labute approximate surface area is 295 Å². The maximum atomic E-state index is 6.42. The van der Waals surface area contributed by atoms with Crippen molar-refractivity contribution >= 4 is 43.9 Å². The molecule has 0 nitrogen and oxygen atoms in total. The summed E-state index contributed by atoms with van der Waals surface area (Å²) in [6.07, 6.45) is 0. The summed E-state index contributed by atoms with van der Waals surface area (Å²) in [5, 5.41) is 8.44. The van der Waals surface area contributed by atoms with E-state index >= 15 is 0 Å². The first-order chi connectivity index (χ1) is 24.7. The van der Waals surface area contributed by atoms with Gasteiger partial charge in [0.15, 0.2) is 0 Å². The maximum absolute atomic E-state index is 6.42. The first-order valence-electron chi connectivity index (χ1n) is 17.3. The van der Waals surface area contributed by atoms with Crippen molar-refractivity contribution in [3.63, 3.8) is 0 Å². The molecule has 0 aliphatic heterocycles. The molecule has 9 aromatic carbocycles. The van der Waals surface area contributed by atoms with Crippen molar-refractivity contribution < 1.29 is 0 Å². The van der Waals surface area contributed by atoms with Crippen LogP contribution < -0.4 is 0 Å². The van der Waals surface area contributed by atoms with Crippen molar-refractivity contribution in [1.82, 2.24) is 0 Å². The van der Waals surface area contributed by atoms with Crippen LogP contribution in [0.2, 0.25) is 5.02 Å². The molecule has 2 aliphatic carbocycles. The zero-order chi connectivity index (χ0) is 33.0. The van der Waals surface area contributed by atoms with Gasteiger partial charge >= 0.3 is 0 Å². The standard InChI is InChI=1S/C49H29Cl/c50-36-14-9-13-34(28-36)30-20-22-33(23-21-30)42-29-35-12-3-5-16-38(35)46-41-26-24-32-11-2-6-17-39(32)47(41)49(48(42)46)43-19-8-7-18-40(43)45-37-15-4-1-10-31(37)25-27-44(45)49/h1-29H. The molecule has 0 fully saturated rings. The lowest BCUT2D eigenvalue weighted by Crippen LogP contribution is -2.27. The van der Waals surface area contributed by atoms with Crippen molar-refractivity contribution in [1.29, 1.82) is 0 Å². The lowest BCUT2D eigenvalue weighted by molar-refractivity contribution is 0.804. The van der Waals surface area contributed by atoms with Gasteiger partial charge in [0.2, 0.25) is 0 Å². The number of hydrogen-bond acceptors (Lipinski definition) is 0. The van der Waals surface area contributed by atoms with Crippen molar-refractivity contribution in [3.8, 4) is 44.5 Å². The predicted octanol–water partition coefficient (Wildman–Crippen LogP) is 13.5. The minimum Gasteiger partial charge on any atom is -0.0843 e. The van der Waals surface area contributed by atoms with E-state index in [1.807, 2.05) is 18.2 Å². The fourth-order valence-corrected chi connectivity index (χ4v) is 9.54. The molecule has 2 aliphatic rings. The third kappa shape index (κ3) is 3.61. The highest BCUT2D eigenvalue weighted by atomic mass is 35.5. The van der Waals surface area contributed by atoms with Gasteiger partial charge in [0.05, 0.1) is 5.41 Å². The van der Waals surface area contributed by atoms with Gasteiger partial charge < -0.3 is 0 Å². The van der Waals surface area contributed by atoms with Crippen LogP contribution in [0.4, 0.5) is 0 Å². The molecule has 0 saturated heterocycles. The Morgan fingerprint density at radius 2 is 0.980 bits per heavy atom. The third-order valence-corrected chi connectivity index (χ3v) is 11.5. The highest BCUT2D eigenvalue weighted by molar-refractivity contribution is 6.30. The summed E-state index contributed by atoms with van der Waals surface area (Å²) in [5.41, 5.74) is 15.0. The fourth-order valence-electron chi connectivity index (χ4n) is 9.35. The van der Waals surface area contributed by atoms with Crippen LogP contribution in [0.15, 0.2) is 176 Å². The van der Waals surface area contributed by atoms with E-state index in [4.69, 9.17) is 11.6 Å². The van der Waals surface area contributed by atoms with Crippen LogP contribution in [0, 0.1) is 0 Å². The fraction of sp³-hybridized carbons (Fsp3) is 0.0204. The maximum Gasteiger partial charge on any atom is 0.0737 e. The third-order valence-electron chi connectivity index (χ3n) is 11.3. The number of halogens is 1. The molecule has 1 unspecified atom stereocenters. The van der Waals surface area contributed by atoms with E-state index < -0.39 is 5.41 Å². The second kappa shape index (κ2) is 10.3. The summed E-state index contributed by atoms with van der Waals surface area (Å²) < 4.78 is 0. The highest BCUT2D eigenvalue weighted by Crippen LogP contribution is 2.67. The first kappa shape index (κ1) is 27.9. The Morgan fingerprint density at radius 1 is 0.340 bits per heavy atom. The van der Waals surface area contributed by atoms with E-state index in [0.717, 1.165) is 16.1 Å². The minimum atomic E-state index is -0.521. The Kier molecular flexibility index (Phi) is 5.75. The van der Waals surface area contributed by atoms with Gasteiger partial charge in [-0.05, 0) is 117 Å². The second-order valence-corrected chi connectivity index (χ2v) is 14.1. The summed E-state index contributed by atoms with van der Waals surface area (Å²) in [7, 11) is 0. The van der Waals surface area contributed by atoms with Gasteiger partial charge in [-0.2, -0.15) is 0 Å². The van der Waals surface area contributed by atoms with Crippen molar-refractivity contribution in [2.75, 3.05) is 0 Å². The topological polar surface area (TPSA) is 0 Å². The average Bonchev–Trinajstić information content (AvgIpc) is 3.66. The Bertz CT molecular complexity index is 2880. The molecule has 232 valence electrons. The molecule has 0 N–H and O–H groups in total. The summed E-state index contributed by atoms with van der Waals surface area (Å²) in [6.45, 7) is 0. The molecule has 0 amide bonds. The summed E-state index contributed by atoms with van der Waals surface area (Å²) in [6, 6.07) is 65.1. The quantitative estimate of drug-likeness (QED) is 0.174. The van der Waals surface area contributed by atoms with E-state index in [1.54, 1.807) is 0 Å². The van der Waals surface area contributed by atoms with Crippen LogP contribution in [-0.2, 0) is 5.41 Å². The zero-order valence-corrected chi connectivity index (χ0v) is 27.9. The number of fused-ring (bicyclic) bond motifs is 16. The molecule has 0 radical (unpaired) electrons.